The minimum absolute atomic E-state index is 0.105. The van der Waals surface area contributed by atoms with Gasteiger partial charge in [-0.3, -0.25) is 4.79 Å². The fraction of sp³-hybridized carbons (Fsp3) is 0.250. The number of para-hydroxylation sites is 1. The van der Waals surface area contributed by atoms with Gasteiger partial charge in [-0.05, 0) is 75.0 Å². The van der Waals surface area contributed by atoms with Gasteiger partial charge in [0.05, 0.1) is 12.2 Å². The summed E-state index contributed by atoms with van der Waals surface area (Å²) in [6.07, 6.45) is 3.39. The van der Waals surface area contributed by atoms with Gasteiger partial charge in [0.1, 0.15) is 18.1 Å². The van der Waals surface area contributed by atoms with Crippen LogP contribution in [0.3, 0.4) is 0 Å². The Hall–Kier alpha value is -3.37. The van der Waals surface area contributed by atoms with Crippen LogP contribution >= 0.6 is 0 Å². The van der Waals surface area contributed by atoms with Crippen LogP contribution < -0.4 is 9.47 Å². The highest BCUT2D eigenvalue weighted by Crippen LogP contribution is 2.30. The Bertz CT molecular complexity index is 1090. The van der Waals surface area contributed by atoms with Gasteiger partial charge in [0.2, 0.25) is 0 Å². The van der Waals surface area contributed by atoms with Gasteiger partial charge in [0, 0.05) is 12.1 Å². The molecule has 32 heavy (non-hydrogen) atoms. The molecule has 0 amide bonds. The summed E-state index contributed by atoms with van der Waals surface area (Å²) < 4.78 is 11.7. The van der Waals surface area contributed by atoms with Crippen molar-refractivity contribution < 1.29 is 14.3 Å². The fourth-order valence-electron chi connectivity index (χ4n) is 3.41. The van der Waals surface area contributed by atoms with Gasteiger partial charge < -0.3 is 14.4 Å². The van der Waals surface area contributed by atoms with Crippen molar-refractivity contribution in [2.75, 3.05) is 33.9 Å². The fourth-order valence-corrected chi connectivity index (χ4v) is 3.41. The van der Waals surface area contributed by atoms with Crippen LogP contribution in [-0.4, -0.2) is 44.5 Å². The average molecular weight is 430 g/mol. The molecule has 0 heterocycles. The van der Waals surface area contributed by atoms with E-state index in [9.17, 15) is 4.79 Å². The molecule has 4 nitrogen and oxygen atoms in total. The summed E-state index contributed by atoms with van der Waals surface area (Å²) >= 11 is 0. The Morgan fingerprint density at radius 3 is 2.44 bits per heavy atom. The molecular formula is C28H31NO3. The number of carbonyl (C=O) groups is 1. The smallest absolute Gasteiger partial charge is 0.189 e. The lowest BCUT2D eigenvalue weighted by Crippen LogP contribution is -2.20. The standard InChI is InChI=1S/C28H31NO3/c1-5-31-27-13-9-7-11-22(27)14-16-26(30)25-20-23(24-12-8-6-10-21(24)2)15-17-28(25)32-19-18-29(3)4/h6-17,20H,5,18-19H2,1-4H3. The lowest BCUT2D eigenvalue weighted by molar-refractivity contribution is 0.104. The number of ether oxygens (including phenoxy) is 2. The van der Waals surface area contributed by atoms with Crippen molar-refractivity contribution in [1.29, 1.82) is 0 Å². The first kappa shape index (κ1) is 23.3. The third kappa shape index (κ3) is 6.08. The van der Waals surface area contributed by atoms with Crippen LogP contribution in [0.2, 0.25) is 0 Å². The highest BCUT2D eigenvalue weighted by Gasteiger charge is 2.14. The zero-order valence-corrected chi connectivity index (χ0v) is 19.3. The lowest BCUT2D eigenvalue weighted by Gasteiger charge is -2.15. The van der Waals surface area contributed by atoms with Gasteiger partial charge in [-0.25, -0.2) is 0 Å². The summed E-state index contributed by atoms with van der Waals surface area (Å²) in [5.41, 5.74) is 4.68. The van der Waals surface area contributed by atoms with Crippen LogP contribution in [0, 0.1) is 6.92 Å². The van der Waals surface area contributed by atoms with E-state index in [0.717, 1.165) is 34.5 Å². The first-order chi connectivity index (χ1) is 15.5. The van der Waals surface area contributed by atoms with Crippen LogP contribution in [-0.2, 0) is 0 Å². The third-order valence-electron chi connectivity index (χ3n) is 5.13. The maximum absolute atomic E-state index is 13.3. The molecule has 3 aromatic carbocycles. The largest absolute Gasteiger partial charge is 0.493 e. The van der Waals surface area contributed by atoms with E-state index in [-0.39, 0.29) is 5.78 Å². The summed E-state index contributed by atoms with van der Waals surface area (Å²) in [6, 6.07) is 21.7. The van der Waals surface area contributed by atoms with Gasteiger partial charge in [-0.2, -0.15) is 0 Å². The molecule has 0 saturated carbocycles. The van der Waals surface area contributed by atoms with Gasteiger partial charge in [0.25, 0.3) is 0 Å². The number of allylic oxidation sites excluding steroid dienone is 1. The second-order valence-electron chi connectivity index (χ2n) is 7.85. The van der Waals surface area contributed by atoms with E-state index < -0.39 is 0 Å². The lowest BCUT2D eigenvalue weighted by atomic mass is 9.97. The predicted molar refractivity (Wildman–Crippen MR) is 132 cm³/mol. The molecule has 0 aliphatic heterocycles. The van der Waals surface area contributed by atoms with Gasteiger partial charge >= 0.3 is 0 Å². The summed E-state index contributed by atoms with van der Waals surface area (Å²) in [5.74, 6) is 1.25. The molecule has 0 N–H and O–H groups in total. The predicted octanol–water partition coefficient (Wildman–Crippen LogP) is 5.90. The SMILES string of the molecule is CCOc1ccccc1C=CC(=O)c1cc(-c2ccccc2C)ccc1OCCN(C)C. The molecule has 0 unspecified atom stereocenters. The van der Waals surface area contributed by atoms with Crippen molar-refractivity contribution in [2.24, 2.45) is 0 Å². The van der Waals surface area contributed by atoms with Crippen molar-refractivity contribution >= 4 is 11.9 Å². The molecule has 0 aliphatic carbocycles. The third-order valence-corrected chi connectivity index (χ3v) is 5.13. The number of likely N-dealkylation sites (N-methyl/N-ethyl adjacent to an activating group) is 1. The molecule has 0 bridgehead atoms. The van der Waals surface area contributed by atoms with Crippen LogP contribution in [0.4, 0.5) is 0 Å². The number of hydrogen-bond donors (Lipinski definition) is 0. The molecule has 3 rings (SSSR count). The molecule has 0 atom stereocenters. The molecule has 0 aliphatic rings. The minimum Gasteiger partial charge on any atom is -0.493 e. The number of ketones is 1. The zero-order chi connectivity index (χ0) is 22.9. The van der Waals surface area contributed by atoms with Crippen molar-refractivity contribution in [1.82, 2.24) is 4.90 Å². The molecule has 166 valence electrons. The molecule has 0 saturated heterocycles. The molecular weight excluding hydrogens is 398 g/mol. The number of rotatable bonds is 10. The van der Waals surface area contributed by atoms with Crippen molar-refractivity contribution in [2.45, 2.75) is 13.8 Å². The molecule has 0 aromatic heterocycles. The number of aryl methyl sites for hydroxylation is 1. The maximum Gasteiger partial charge on any atom is 0.189 e. The van der Waals surface area contributed by atoms with E-state index in [2.05, 4.69) is 19.1 Å². The van der Waals surface area contributed by atoms with Gasteiger partial charge in [0.15, 0.2) is 5.78 Å². The van der Waals surface area contributed by atoms with E-state index in [1.54, 1.807) is 12.2 Å². The van der Waals surface area contributed by atoms with E-state index in [0.29, 0.717) is 24.5 Å². The number of carbonyl (C=O) groups excluding carboxylic acids is 1. The number of benzene rings is 3. The average Bonchev–Trinajstić information content (AvgIpc) is 2.79. The topological polar surface area (TPSA) is 38.8 Å². The summed E-state index contributed by atoms with van der Waals surface area (Å²) in [7, 11) is 3.99. The molecule has 0 radical (unpaired) electrons. The van der Waals surface area contributed by atoms with Crippen LogP contribution in [0.25, 0.3) is 17.2 Å². The van der Waals surface area contributed by atoms with Crippen LogP contribution in [0.1, 0.15) is 28.4 Å². The first-order valence-corrected chi connectivity index (χ1v) is 10.9. The zero-order valence-electron chi connectivity index (χ0n) is 19.3. The highest BCUT2D eigenvalue weighted by molar-refractivity contribution is 6.09. The molecule has 0 spiro atoms. The van der Waals surface area contributed by atoms with E-state index in [1.807, 2.05) is 80.5 Å². The normalized spacial score (nSPS) is 11.2. The molecule has 0 fully saturated rings. The van der Waals surface area contributed by atoms with Crippen LogP contribution in [0.5, 0.6) is 11.5 Å². The van der Waals surface area contributed by atoms with Crippen molar-refractivity contribution in [3.8, 4) is 22.6 Å². The maximum atomic E-state index is 13.3. The summed E-state index contributed by atoms with van der Waals surface area (Å²) in [6.45, 7) is 5.86. The van der Waals surface area contributed by atoms with Crippen molar-refractivity contribution in [3.05, 3.63) is 89.5 Å². The van der Waals surface area contributed by atoms with Crippen molar-refractivity contribution in [3.63, 3.8) is 0 Å². The Balaban J connectivity index is 1.94. The Morgan fingerprint density at radius 1 is 0.938 bits per heavy atom. The minimum atomic E-state index is -0.105. The summed E-state index contributed by atoms with van der Waals surface area (Å²) in [4.78, 5) is 15.3. The number of hydrogen-bond acceptors (Lipinski definition) is 4. The van der Waals surface area contributed by atoms with E-state index in [4.69, 9.17) is 9.47 Å². The Morgan fingerprint density at radius 2 is 1.69 bits per heavy atom. The van der Waals surface area contributed by atoms with E-state index in [1.165, 1.54) is 0 Å². The van der Waals surface area contributed by atoms with Gasteiger partial charge in [-0.15, -0.1) is 0 Å². The monoisotopic (exact) mass is 429 g/mol. The second kappa shape index (κ2) is 11.3. The molecule has 3 aromatic rings. The Labute approximate surface area is 191 Å². The molecule has 4 heteroatoms. The van der Waals surface area contributed by atoms with Gasteiger partial charge in [-0.1, -0.05) is 48.5 Å². The summed E-state index contributed by atoms with van der Waals surface area (Å²) in [5, 5.41) is 0. The quantitative estimate of drug-likeness (QED) is 0.297. The first-order valence-electron chi connectivity index (χ1n) is 10.9. The second-order valence-corrected chi connectivity index (χ2v) is 7.85. The van der Waals surface area contributed by atoms with Crippen LogP contribution in [0.15, 0.2) is 72.8 Å². The number of nitrogens with zero attached hydrogens (tertiary/aromatic N) is 1. The van der Waals surface area contributed by atoms with E-state index >= 15 is 0 Å². The highest BCUT2D eigenvalue weighted by atomic mass is 16.5. The Kier molecular flexibility index (Phi) is 8.23.